The van der Waals surface area contributed by atoms with Gasteiger partial charge in [-0.2, -0.15) is 9.13 Å². The molecule has 0 saturated heterocycles. The first-order chi connectivity index (χ1) is 18.5. The van der Waals surface area contributed by atoms with Crippen molar-refractivity contribution in [2.75, 3.05) is 7.05 Å². The van der Waals surface area contributed by atoms with E-state index in [1.165, 1.54) is 18.4 Å². The molecule has 2 heterocycles. The highest BCUT2D eigenvalue weighted by Crippen LogP contribution is 2.39. The lowest BCUT2D eigenvalue weighted by Crippen LogP contribution is -2.56. The Morgan fingerprint density at radius 3 is 2.37 bits per heavy atom. The van der Waals surface area contributed by atoms with E-state index in [4.69, 9.17) is 15.7 Å². The van der Waals surface area contributed by atoms with Gasteiger partial charge in [-0.15, -0.1) is 0 Å². The normalized spacial score (nSPS) is 13.3. The Bertz CT molecular complexity index is 1380. The van der Waals surface area contributed by atoms with E-state index in [1.54, 1.807) is 7.05 Å². The third-order valence-corrected chi connectivity index (χ3v) is 7.29. The second-order valence-electron chi connectivity index (χ2n) is 10.1. The molecule has 0 fully saturated rings. The fraction of sp³-hybridized carbons (Fsp3) is 0.344. The van der Waals surface area contributed by atoms with E-state index in [-0.39, 0.29) is 5.41 Å². The Balaban J connectivity index is 1.92. The summed E-state index contributed by atoms with van der Waals surface area (Å²) in [6.07, 6.45) is 9.70. The molecule has 0 saturated carbocycles. The number of benzene rings is 2. The van der Waals surface area contributed by atoms with Crippen molar-refractivity contribution < 1.29 is 9.13 Å². The summed E-state index contributed by atoms with van der Waals surface area (Å²) in [5.41, 5.74) is 10.6. The van der Waals surface area contributed by atoms with Crippen molar-refractivity contribution in [3.05, 3.63) is 96.6 Å². The number of aromatic nitrogens is 4. The van der Waals surface area contributed by atoms with Crippen LogP contribution in [0.3, 0.4) is 0 Å². The summed E-state index contributed by atoms with van der Waals surface area (Å²) in [6.45, 7) is 7.46. The van der Waals surface area contributed by atoms with E-state index >= 15 is 0 Å². The third-order valence-electron chi connectivity index (χ3n) is 7.29. The molecule has 38 heavy (non-hydrogen) atoms. The van der Waals surface area contributed by atoms with Crippen molar-refractivity contribution in [1.29, 1.82) is 0 Å². The van der Waals surface area contributed by atoms with E-state index in [0.29, 0.717) is 18.3 Å². The molecule has 196 valence electrons. The van der Waals surface area contributed by atoms with Crippen LogP contribution >= 0.6 is 0 Å². The molecule has 6 nitrogen and oxygen atoms in total. The lowest BCUT2D eigenvalue weighted by atomic mass is 9.73. The van der Waals surface area contributed by atoms with Gasteiger partial charge in [0.05, 0.1) is 11.1 Å². The zero-order valence-corrected chi connectivity index (χ0v) is 23.1. The molecule has 0 bridgehead atoms. The van der Waals surface area contributed by atoms with Gasteiger partial charge >= 0.3 is 5.82 Å². The van der Waals surface area contributed by atoms with Crippen LogP contribution in [0.5, 0.6) is 0 Å². The highest BCUT2D eigenvalue weighted by Gasteiger charge is 2.32. The minimum absolute atomic E-state index is 0.0569. The number of pyridine rings is 1. The number of unbranched alkanes of at least 4 members (excludes halogenated alkanes) is 1. The number of aliphatic imine (C=N–C) groups is 1. The Morgan fingerprint density at radius 2 is 1.63 bits per heavy atom. The Kier molecular flexibility index (Phi) is 8.95. The molecular weight excluding hydrogens is 468 g/mol. The number of rotatable bonds is 11. The van der Waals surface area contributed by atoms with Crippen LogP contribution in [0.4, 0.5) is 0 Å². The maximum atomic E-state index is 6.25. The first kappa shape index (κ1) is 27.1. The van der Waals surface area contributed by atoms with Gasteiger partial charge in [-0.1, -0.05) is 86.4 Å². The summed E-state index contributed by atoms with van der Waals surface area (Å²) in [7, 11) is 1.71. The summed E-state index contributed by atoms with van der Waals surface area (Å²) in [6, 6.07) is 24.9. The topological polar surface area (TPSA) is 71.9 Å². The average Bonchev–Trinajstić information content (AvgIpc) is 2.97. The van der Waals surface area contributed by atoms with E-state index in [2.05, 4.69) is 71.3 Å². The van der Waals surface area contributed by atoms with Gasteiger partial charge in [0.15, 0.2) is 12.0 Å². The Morgan fingerprint density at radius 1 is 0.895 bits per heavy atom. The van der Waals surface area contributed by atoms with Gasteiger partial charge in [0.25, 0.3) is 12.5 Å². The smallest absolute Gasteiger partial charge is 0.307 e. The van der Waals surface area contributed by atoms with Gasteiger partial charge in [-0.3, -0.25) is 4.99 Å². The van der Waals surface area contributed by atoms with Crippen molar-refractivity contribution in [1.82, 2.24) is 9.97 Å². The lowest BCUT2D eigenvalue weighted by molar-refractivity contribution is -0.910. The molecule has 0 aliphatic heterocycles. The predicted molar refractivity (Wildman–Crippen MR) is 154 cm³/mol. The SMILES string of the molecule is CCCCC(C)(CCC)c1ccccc1-c1nc(-c2ccccc2)nc[n+]1C[n+]1ccccc1C(N)=NC. The first-order valence-corrected chi connectivity index (χ1v) is 13.6. The van der Waals surface area contributed by atoms with Crippen LogP contribution in [0.1, 0.15) is 64.1 Å². The van der Waals surface area contributed by atoms with Crippen molar-refractivity contribution >= 4 is 5.84 Å². The lowest BCUT2D eigenvalue weighted by Gasteiger charge is -2.31. The molecule has 1 unspecified atom stereocenters. The van der Waals surface area contributed by atoms with Crippen molar-refractivity contribution in [3.63, 3.8) is 0 Å². The van der Waals surface area contributed by atoms with Crippen molar-refractivity contribution in [2.24, 2.45) is 10.7 Å². The van der Waals surface area contributed by atoms with Gasteiger partial charge in [0.2, 0.25) is 12.0 Å². The predicted octanol–water partition coefficient (Wildman–Crippen LogP) is 5.47. The summed E-state index contributed by atoms with van der Waals surface area (Å²) in [5, 5.41) is 0. The molecule has 4 aromatic rings. The molecule has 0 spiro atoms. The third kappa shape index (κ3) is 5.96. The van der Waals surface area contributed by atoms with Crippen LogP contribution in [-0.2, 0) is 12.1 Å². The summed E-state index contributed by atoms with van der Waals surface area (Å²) >= 11 is 0. The summed E-state index contributed by atoms with van der Waals surface area (Å²) in [4.78, 5) is 14.2. The number of nitrogens with two attached hydrogens (primary N) is 1. The number of hydrogen-bond donors (Lipinski definition) is 1. The Labute approximate surface area is 227 Å². The average molecular weight is 509 g/mol. The molecule has 0 aliphatic rings. The second-order valence-corrected chi connectivity index (χ2v) is 10.1. The molecule has 1 atom stereocenters. The van der Waals surface area contributed by atoms with E-state index < -0.39 is 0 Å². The van der Waals surface area contributed by atoms with Crippen LogP contribution in [0.15, 0.2) is 90.3 Å². The largest absolute Gasteiger partial charge is 0.378 e. The molecule has 0 amide bonds. The first-order valence-electron chi connectivity index (χ1n) is 13.6. The fourth-order valence-corrected chi connectivity index (χ4v) is 5.25. The van der Waals surface area contributed by atoms with Crippen LogP contribution in [-0.4, -0.2) is 22.9 Å². The summed E-state index contributed by atoms with van der Waals surface area (Å²) < 4.78 is 4.20. The molecule has 2 aromatic carbocycles. The minimum Gasteiger partial charge on any atom is -0.378 e. The summed E-state index contributed by atoms with van der Waals surface area (Å²) in [5.74, 6) is 2.10. The van der Waals surface area contributed by atoms with Gasteiger partial charge < -0.3 is 5.73 Å². The van der Waals surface area contributed by atoms with E-state index in [0.717, 1.165) is 41.9 Å². The van der Waals surface area contributed by atoms with E-state index in [1.807, 2.05) is 48.9 Å². The maximum absolute atomic E-state index is 6.25. The molecule has 0 aliphatic carbocycles. The zero-order chi connectivity index (χ0) is 27.0. The van der Waals surface area contributed by atoms with Gasteiger partial charge in [0, 0.05) is 19.2 Å². The molecule has 4 rings (SSSR count). The Hall–Kier alpha value is -3.93. The highest BCUT2D eigenvalue weighted by atomic mass is 15.2. The van der Waals surface area contributed by atoms with E-state index in [9.17, 15) is 0 Å². The van der Waals surface area contributed by atoms with Crippen molar-refractivity contribution in [3.8, 4) is 22.8 Å². The number of nitrogens with zero attached hydrogens (tertiary/aromatic N) is 5. The van der Waals surface area contributed by atoms with Crippen LogP contribution in [0.2, 0.25) is 0 Å². The van der Waals surface area contributed by atoms with Gasteiger partial charge in [-0.05, 0) is 48.1 Å². The van der Waals surface area contributed by atoms with Crippen LogP contribution in [0.25, 0.3) is 22.8 Å². The highest BCUT2D eigenvalue weighted by molar-refractivity contribution is 5.94. The number of hydrogen-bond acceptors (Lipinski definition) is 3. The fourth-order valence-electron chi connectivity index (χ4n) is 5.25. The zero-order valence-electron chi connectivity index (χ0n) is 23.1. The van der Waals surface area contributed by atoms with Crippen LogP contribution in [0, 0.1) is 0 Å². The molecule has 2 aromatic heterocycles. The van der Waals surface area contributed by atoms with Gasteiger partial charge in [0.1, 0.15) is 0 Å². The molecular formula is C32H40N6+2. The maximum Gasteiger partial charge on any atom is 0.307 e. The standard InChI is InChI=1S/C32H40N6/c1-5-7-21-32(3,20-6-2)27-18-12-11-17-26(27)31-36-30(25-15-9-8-10-16-25)35-23-38(31)24-37-22-14-13-19-28(37)29(33)34-4/h8-19,22-23H,5-7,20-21,24H2,1-4H3,(H2,33,34)/q+2. The van der Waals surface area contributed by atoms with Crippen LogP contribution < -0.4 is 14.9 Å². The molecule has 2 N–H and O–H groups in total. The quantitative estimate of drug-likeness (QED) is 0.166. The molecule has 0 radical (unpaired) electrons. The number of amidine groups is 1. The second kappa shape index (κ2) is 12.5. The van der Waals surface area contributed by atoms with Crippen molar-refractivity contribution in [2.45, 2.75) is 65.0 Å². The minimum atomic E-state index is 0.0569. The van der Waals surface area contributed by atoms with Gasteiger partial charge in [-0.25, -0.2) is 0 Å². The molecule has 6 heteroatoms. The monoisotopic (exact) mass is 508 g/mol.